The van der Waals surface area contributed by atoms with Crippen molar-refractivity contribution >= 4 is 28.2 Å². The van der Waals surface area contributed by atoms with Crippen LogP contribution < -0.4 is 0 Å². The van der Waals surface area contributed by atoms with Crippen molar-refractivity contribution in [2.45, 2.75) is 39.0 Å². The number of benzene rings is 2. The van der Waals surface area contributed by atoms with E-state index in [9.17, 15) is 4.79 Å². The lowest BCUT2D eigenvalue weighted by molar-refractivity contribution is 0.0981. The summed E-state index contributed by atoms with van der Waals surface area (Å²) in [6.07, 6.45) is 5.13. The monoisotopic (exact) mass is 274 g/mol. The van der Waals surface area contributed by atoms with E-state index in [1.165, 1.54) is 12.8 Å². The number of halogens is 1. The van der Waals surface area contributed by atoms with Gasteiger partial charge in [0.05, 0.1) is 0 Å². The SMILES string of the molecule is CCCCCCC(=O)c1ccc(Cl)c2ccccc12. The first-order chi connectivity index (χ1) is 9.24. The van der Waals surface area contributed by atoms with Gasteiger partial charge in [-0.05, 0) is 23.9 Å². The highest BCUT2D eigenvalue weighted by atomic mass is 35.5. The third-order valence-corrected chi connectivity index (χ3v) is 3.76. The number of hydrogen-bond donors (Lipinski definition) is 0. The maximum Gasteiger partial charge on any atom is 0.163 e. The second-order valence-electron chi connectivity index (χ2n) is 4.87. The van der Waals surface area contributed by atoms with Crippen molar-refractivity contribution in [2.75, 3.05) is 0 Å². The van der Waals surface area contributed by atoms with Crippen LogP contribution in [0.1, 0.15) is 49.4 Å². The van der Waals surface area contributed by atoms with Crippen molar-refractivity contribution < 1.29 is 4.79 Å². The largest absolute Gasteiger partial charge is 0.294 e. The molecule has 0 saturated carbocycles. The number of fused-ring (bicyclic) bond motifs is 1. The van der Waals surface area contributed by atoms with Crippen molar-refractivity contribution in [1.82, 2.24) is 0 Å². The first kappa shape index (κ1) is 14.1. The third-order valence-electron chi connectivity index (χ3n) is 3.43. The summed E-state index contributed by atoms with van der Waals surface area (Å²) in [4.78, 5) is 12.3. The van der Waals surface area contributed by atoms with E-state index in [0.717, 1.165) is 29.2 Å². The number of unbranched alkanes of at least 4 members (excludes halogenated alkanes) is 3. The predicted octanol–water partition coefficient (Wildman–Crippen LogP) is 5.65. The third kappa shape index (κ3) is 3.36. The second-order valence-corrected chi connectivity index (χ2v) is 5.28. The Morgan fingerprint density at radius 2 is 1.74 bits per heavy atom. The van der Waals surface area contributed by atoms with Gasteiger partial charge in [-0.25, -0.2) is 0 Å². The Balaban J connectivity index is 2.20. The first-order valence-corrected chi connectivity index (χ1v) is 7.32. The average molecular weight is 275 g/mol. The Morgan fingerprint density at radius 3 is 2.47 bits per heavy atom. The molecule has 2 aromatic rings. The fraction of sp³-hybridized carbons (Fsp3) is 0.353. The van der Waals surface area contributed by atoms with Crippen LogP contribution in [0, 0.1) is 0 Å². The molecular weight excluding hydrogens is 256 g/mol. The average Bonchev–Trinajstić information content (AvgIpc) is 2.44. The second kappa shape index (κ2) is 6.72. The highest BCUT2D eigenvalue weighted by molar-refractivity contribution is 6.36. The van der Waals surface area contributed by atoms with Crippen LogP contribution in [-0.2, 0) is 0 Å². The van der Waals surface area contributed by atoms with E-state index >= 15 is 0 Å². The summed E-state index contributed by atoms with van der Waals surface area (Å²) >= 11 is 6.17. The molecule has 2 aromatic carbocycles. The first-order valence-electron chi connectivity index (χ1n) is 6.94. The summed E-state index contributed by atoms with van der Waals surface area (Å²) in [5, 5.41) is 2.64. The van der Waals surface area contributed by atoms with Gasteiger partial charge in [0.1, 0.15) is 0 Å². The molecule has 0 amide bonds. The van der Waals surface area contributed by atoms with Gasteiger partial charge in [-0.15, -0.1) is 0 Å². The lowest BCUT2D eigenvalue weighted by Gasteiger charge is -2.07. The fourth-order valence-electron chi connectivity index (χ4n) is 2.35. The van der Waals surface area contributed by atoms with Gasteiger partial charge in [-0.2, -0.15) is 0 Å². The van der Waals surface area contributed by atoms with Gasteiger partial charge in [0.2, 0.25) is 0 Å². The molecule has 0 atom stereocenters. The molecule has 0 N–H and O–H groups in total. The zero-order valence-electron chi connectivity index (χ0n) is 11.3. The van der Waals surface area contributed by atoms with E-state index in [2.05, 4.69) is 6.92 Å². The van der Waals surface area contributed by atoms with Crippen LogP contribution >= 0.6 is 11.6 Å². The fourth-order valence-corrected chi connectivity index (χ4v) is 2.58. The maximum absolute atomic E-state index is 12.3. The van der Waals surface area contributed by atoms with Gasteiger partial charge >= 0.3 is 0 Å². The summed E-state index contributed by atoms with van der Waals surface area (Å²) in [5.74, 6) is 0.226. The van der Waals surface area contributed by atoms with Crippen LogP contribution in [0.3, 0.4) is 0 Å². The molecule has 0 spiro atoms. The zero-order valence-corrected chi connectivity index (χ0v) is 12.0. The topological polar surface area (TPSA) is 17.1 Å². The van der Waals surface area contributed by atoms with E-state index < -0.39 is 0 Å². The number of Topliss-reactive ketones (excluding diaryl/α,β-unsaturated/α-hetero) is 1. The number of ketones is 1. The van der Waals surface area contributed by atoms with Gasteiger partial charge in [-0.1, -0.05) is 62.1 Å². The molecule has 0 aliphatic rings. The Morgan fingerprint density at radius 1 is 1.00 bits per heavy atom. The van der Waals surface area contributed by atoms with E-state index in [1.54, 1.807) is 0 Å². The molecule has 19 heavy (non-hydrogen) atoms. The quantitative estimate of drug-likeness (QED) is 0.492. The summed E-state index contributed by atoms with van der Waals surface area (Å²) < 4.78 is 0. The van der Waals surface area contributed by atoms with E-state index in [-0.39, 0.29) is 5.78 Å². The molecule has 0 saturated heterocycles. The van der Waals surface area contributed by atoms with Gasteiger partial charge in [0, 0.05) is 22.4 Å². The predicted molar refractivity (Wildman–Crippen MR) is 82.0 cm³/mol. The molecule has 2 rings (SSSR count). The van der Waals surface area contributed by atoms with Gasteiger partial charge in [-0.3, -0.25) is 4.79 Å². The minimum absolute atomic E-state index is 0.226. The van der Waals surface area contributed by atoms with Crippen LogP contribution in [0.4, 0.5) is 0 Å². The van der Waals surface area contributed by atoms with Crippen LogP contribution in [-0.4, -0.2) is 5.78 Å². The molecule has 0 fully saturated rings. The van der Waals surface area contributed by atoms with Gasteiger partial charge < -0.3 is 0 Å². The van der Waals surface area contributed by atoms with Crippen LogP contribution in [0.15, 0.2) is 36.4 Å². The van der Waals surface area contributed by atoms with Crippen LogP contribution in [0.5, 0.6) is 0 Å². The molecule has 100 valence electrons. The molecule has 0 bridgehead atoms. The summed E-state index contributed by atoms with van der Waals surface area (Å²) in [6.45, 7) is 2.18. The normalized spacial score (nSPS) is 10.8. The number of rotatable bonds is 6. The smallest absolute Gasteiger partial charge is 0.163 e. The number of hydrogen-bond acceptors (Lipinski definition) is 1. The summed E-state index contributed by atoms with van der Waals surface area (Å²) in [6, 6.07) is 11.5. The minimum Gasteiger partial charge on any atom is -0.294 e. The van der Waals surface area contributed by atoms with Crippen molar-refractivity contribution in [3.63, 3.8) is 0 Å². The highest BCUT2D eigenvalue weighted by Gasteiger charge is 2.11. The lowest BCUT2D eigenvalue weighted by atomic mass is 9.98. The summed E-state index contributed by atoms with van der Waals surface area (Å²) in [7, 11) is 0. The summed E-state index contributed by atoms with van der Waals surface area (Å²) in [5.41, 5.74) is 0.802. The lowest BCUT2D eigenvalue weighted by Crippen LogP contribution is -2.00. The van der Waals surface area contributed by atoms with Crippen molar-refractivity contribution in [1.29, 1.82) is 0 Å². The van der Waals surface area contributed by atoms with Crippen molar-refractivity contribution in [3.05, 3.63) is 47.0 Å². The zero-order chi connectivity index (χ0) is 13.7. The van der Waals surface area contributed by atoms with Crippen LogP contribution in [0.25, 0.3) is 10.8 Å². The van der Waals surface area contributed by atoms with Gasteiger partial charge in [0.25, 0.3) is 0 Å². The molecule has 0 unspecified atom stereocenters. The van der Waals surface area contributed by atoms with Crippen LogP contribution in [0.2, 0.25) is 5.02 Å². The van der Waals surface area contributed by atoms with E-state index in [0.29, 0.717) is 11.4 Å². The molecule has 0 aromatic heterocycles. The molecule has 0 radical (unpaired) electrons. The maximum atomic E-state index is 12.3. The Kier molecular flexibility index (Phi) is 4.98. The molecule has 2 heteroatoms. The van der Waals surface area contributed by atoms with Gasteiger partial charge in [0.15, 0.2) is 5.78 Å². The van der Waals surface area contributed by atoms with Crippen molar-refractivity contribution in [2.24, 2.45) is 0 Å². The Hall–Kier alpha value is -1.34. The molecule has 0 aliphatic carbocycles. The minimum atomic E-state index is 0.226. The number of carbonyl (C=O) groups is 1. The highest BCUT2D eigenvalue weighted by Crippen LogP contribution is 2.27. The van der Waals surface area contributed by atoms with Crippen molar-refractivity contribution in [3.8, 4) is 0 Å². The Bertz CT molecular complexity index is 574. The number of carbonyl (C=O) groups excluding carboxylic acids is 1. The Labute approximate surface area is 119 Å². The van der Waals surface area contributed by atoms with E-state index in [4.69, 9.17) is 11.6 Å². The standard InChI is InChI=1S/C17H19ClO/c1-2-3-4-5-10-17(19)15-11-12-16(18)14-9-7-6-8-13(14)15/h6-9,11-12H,2-5,10H2,1H3. The molecular formula is C17H19ClO. The molecule has 1 nitrogen and oxygen atoms in total. The van der Waals surface area contributed by atoms with E-state index in [1.807, 2.05) is 36.4 Å². The molecule has 0 aliphatic heterocycles. The molecule has 0 heterocycles.